The second kappa shape index (κ2) is 12.7. The quantitative estimate of drug-likeness (QED) is 0.285. The van der Waals surface area contributed by atoms with Gasteiger partial charge in [-0.05, 0) is 41.2 Å². The van der Waals surface area contributed by atoms with E-state index in [1.807, 2.05) is 92.7 Å². The van der Waals surface area contributed by atoms with Crippen molar-refractivity contribution in [3.8, 4) is 11.1 Å². The number of amides is 2. The smallest absolute Gasteiger partial charge is 0.426 e. The van der Waals surface area contributed by atoms with Gasteiger partial charge in [0.15, 0.2) is 0 Å². The second-order valence-corrected chi connectivity index (χ2v) is 10.3. The summed E-state index contributed by atoms with van der Waals surface area (Å²) in [4.78, 5) is 32.3. The Labute approximate surface area is 229 Å². The van der Waals surface area contributed by atoms with Crippen molar-refractivity contribution in [1.82, 2.24) is 10.6 Å². The second-order valence-electron chi connectivity index (χ2n) is 10.3. The Kier molecular flexibility index (Phi) is 9.17. The number of hydrogen-bond donors (Lipinski definition) is 4. The van der Waals surface area contributed by atoms with Gasteiger partial charge >= 0.3 is 7.12 Å². The Morgan fingerprint density at radius 1 is 0.974 bits per heavy atom. The minimum atomic E-state index is -1.71. The van der Waals surface area contributed by atoms with Gasteiger partial charge in [0.1, 0.15) is 0 Å². The number of hydrogen-bond acceptors (Lipinski definition) is 6. The summed E-state index contributed by atoms with van der Waals surface area (Å²) in [6.07, 6.45) is 0.764. The lowest BCUT2D eigenvalue weighted by molar-refractivity contribution is -0.144. The number of carbonyl (C=O) groups excluding carboxylic acids is 2. The Bertz CT molecular complexity index is 1300. The fourth-order valence-corrected chi connectivity index (χ4v) is 4.68. The molecule has 0 bridgehead atoms. The average molecular weight is 527 g/mol. The van der Waals surface area contributed by atoms with E-state index in [-0.39, 0.29) is 31.2 Å². The highest BCUT2D eigenvalue weighted by Crippen LogP contribution is 2.29. The first-order chi connectivity index (χ1) is 18.8. The van der Waals surface area contributed by atoms with Crippen LogP contribution in [0.5, 0.6) is 0 Å². The zero-order chi connectivity index (χ0) is 27.8. The van der Waals surface area contributed by atoms with Crippen LogP contribution in [0, 0.1) is 5.92 Å². The molecule has 0 saturated heterocycles. The van der Waals surface area contributed by atoms with Crippen LogP contribution in [0.1, 0.15) is 42.6 Å². The molecule has 0 fully saturated rings. The molecule has 0 radical (unpaired) electrons. The summed E-state index contributed by atoms with van der Waals surface area (Å²) in [5, 5.41) is 29.5. The number of rotatable bonds is 11. The zero-order valence-electron chi connectivity index (χ0n) is 22.2. The highest BCUT2D eigenvalue weighted by atomic mass is 16.7. The molecule has 1 aliphatic rings. The van der Waals surface area contributed by atoms with Crippen LogP contribution in [0.15, 0.2) is 90.1 Å². The summed E-state index contributed by atoms with van der Waals surface area (Å²) in [6.45, 7) is 3.98. The highest BCUT2D eigenvalue weighted by molar-refractivity contribution is 6.43. The van der Waals surface area contributed by atoms with Crippen LogP contribution in [0.2, 0.25) is 0 Å². The minimum absolute atomic E-state index is 0.107. The molecule has 3 aromatic rings. The third-order valence-electron chi connectivity index (χ3n) is 6.67. The van der Waals surface area contributed by atoms with Crippen molar-refractivity contribution in [2.24, 2.45) is 11.1 Å². The van der Waals surface area contributed by atoms with Crippen molar-refractivity contribution in [3.63, 3.8) is 0 Å². The van der Waals surface area contributed by atoms with Crippen molar-refractivity contribution < 1.29 is 24.5 Å². The van der Waals surface area contributed by atoms with E-state index in [9.17, 15) is 19.6 Å². The third-order valence-corrected chi connectivity index (χ3v) is 6.67. The molecule has 9 heteroatoms. The van der Waals surface area contributed by atoms with Gasteiger partial charge in [0, 0.05) is 18.4 Å². The zero-order valence-corrected chi connectivity index (χ0v) is 22.2. The fourth-order valence-electron chi connectivity index (χ4n) is 4.68. The molecule has 0 aliphatic carbocycles. The first-order valence-electron chi connectivity index (χ1n) is 13.1. The van der Waals surface area contributed by atoms with Crippen LogP contribution in [0.3, 0.4) is 0 Å². The van der Waals surface area contributed by atoms with Gasteiger partial charge in [-0.25, -0.2) is 0 Å². The molecule has 2 unspecified atom stereocenters. The number of oxime groups is 1. The van der Waals surface area contributed by atoms with Crippen LogP contribution in [-0.4, -0.2) is 52.8 Å². The van der Waals surface area contributed by atoms with E-state index in [1.54, 1.807) is 6.07 Å². The maximum absolute atomic E-state index is 13.5. The summed E-state index contributed by atoms with van der Waals surface area (Å²) >= 11 is 0. The largest absolute Gasteiger partial charge is 0.475 e. The highest BCUT2D eigenvalue weighted by Gasteiger charge is 2.48. The molecule has 2 amide bonds. The van der Waals surface area contributed by atoms with E-state index in [0.29, 0.717) is 17.7 Å². The fraction of sp³-hybridized carbons (Fsp3) is 0.300. The van der Waals surface area contributed by atoms with Crippen LogP contribution in [0.25, 0.3) is 11.1 Å². The monoisotopic (exact) mass is 527 g/mol. The van der Waals surface area contributed by atoms with Crippen molar-refractivity contribution in [1.29, 1.82) is 0 Å². The van der Waals surface area contributed by atoms with Gasteiger partial charge in [0.2, 0.25) is 5.60 Å². The van der Waals surface area contributed by atoms with Crippen molar-refractivity contribution in [2.45, 2.75) is 44.7 Å². The Balaban J connectivity index is 1.45. The normalized spacial score (nSPS) is 17.2. The number of nitrogens with one attached hydrogen (secondary N) is 2. The van der Waals surface area contributed by atoms with Crippen LogP contribution in [0.4, 0.5) is 0 Å². The third kappa shape index (κ3) is 7.34. The van der Waals surface area contributed by atoms with E-state index in [0.717, 1.165) is 16.7 Å². The summed E-state index contributed by atoms with van der Waals surface area (Å²) < 4.78 is 0. The van der Waals surface area contributed by atoms with Crippen LogP contribution in [-0.2, 0) is 16.1 Å². The van der Waals surface area contributed by atoms with E-state index in [2.05, 4.69) is 15.8 Å². The van der Waals surface area contributed by atoms with E-state index < -0.39 is 24.6 Å². The Hall–Kier alpha value is -3.95. The Morgan fingerprint density at radius 2 is 1.64 bits per heavy atom. The molecule has 3 aromatic carbocycles. The van der Waals surface area contributed by atoms with Gasteiger partial charge in [0.05, 0.1) is 18.2 Å². The molecular weight excluding hydrogens is 493 g/mol. The van der Waals surface area contributed by atoms with Crippen LogP contribution < -0.4 is 10.6 Å². The lowest BCUT2D eigenvalue weighted by atomic mass is 9.74. The van der Waals surface area contributed by atoms with Crippen molar-refractivity contribution in [3.05, 3.63) is 96.1 Å². The lowest BCUT2D eigenvalue weighted by Gasteiger charge is -2.29. The molecule has 4 rings (SSSR count). The van der Waals surface area contributed by atoms with Gasteiger partial charge in [-0.1, -0.05) is 91.8 Å². The summed E-state index contributed by atoms with van der Waals surface area (Å²) in [7, 11) is -1.71. The molecule has 0 aromatic heterocycles. The summed E-state index contributed by atoms with van der Waals surface area (Å²) in [5.41, 5.74) is 2.47. The standard InChI is InChI=1S/C30H34BN3O5/c1-21(2)16-27(31(37)38)33-29(36)30(18-22-10-5-3-6-11-22)19-26(34-39-30)20-32-28(35)25-15-9-14-24(17-25)23-12-7-4-8-13-23/h3-15,17,21,27,37-38H,16,18-20H2,1-2H3,(H,32,35)(H,33,36). The maximum atomic E-state index is 13.5. The first-order valence-corrected chi connectivity index (χ1v) is 13.1. The van der Waals surface area contributed by atoms with E-state index >= 15 is 0 Å². The maximum Gasteiger partial charge on any atom is 0.475 e. The van der Waals surface area contributed by atoms with Gasteiger partial charge in [-0.15, -0.1) is 0 Å². The van der Waals surface area contributed by atoms with Crippen molar-refractivity contribution >= 4 is 24.6 Å². The first kappa shape index (κ1) is 28.1. The molecule has 1 heterocycles. The van der Waals surface area contributed by atoms with E-state index in [4.69, 9.17) is 4.84 Å². The minimum Gasteiger partial charge on any atom is -0.426 e. The number of nitrogens with zero attached hydrogens (tertiary/aromatic N) is 1. The summed E-state index contributed by atoms with van der Waals surface area (Å²) in [5.74, 6) is -1.46. The average Bonchev–Trinajstić information content (AvgIpc) is 3.36. The number of carbonyl (C=O) groups is 2. The molecule has 0 spiro atoms. The molecule has 39 heavy (non-hydrogen) atoms. The molecule has 202 valence electrons. The molecular formula is C30H34BN3O5. The van der Waals surface area contributed by atoms with E-state index in [1.165, 1.54) is 0 Å². The predicted molar refractivity (Wildman–Crippen MR) is 152 cm³/mol. The van der Waals surface area contributed by atoms with Crippen molar-refractivity contribution in [2.75, 3.05) is 6.54 Å². The predicted octanol–water partition coefficient (Wildman–Crippen LogP) is 3.38. The van der Waals surface area contributed by atoms with Crippen LogP contribution >= 0.6 is 0 Å². The topological polar surface area (TPSA) is 120 Å². The molecule has 2 atom stereocenters. The SMILES string of the molecule is CC(C)CC(NC(=O)C1(Cc2ccccc2)CC(CNC(=O)c2cccc(-c3ccccc3)c2)=NO1)B(O)O. The molecule has 4 N–H and O–H groups in total. The summed E-state index contributed by atoms with van der Waals surface area (Å²) in [6, 6.07) is 26.6. The van der Waals surface area contributed by atoms with Gasteiger partial charge in [-0.2, -0.15) is 0 Å². The van der Waals surface area contributed by atoms with Gasteiger partial charge < -0.3 is 25.5 Å². The van der Waals surface area contributed by atoms with Gasteiger partial charge in [-0.3, -0.25) is 9.59 Å². The lowest BCUT2D eigenvalue weighted by Crippen LogP contribution is -2.56. The molecule has 0 saturated carbocycles. The number of benzene rings is 3. The van der Waals surface area contributed by atoms with Gasteiger partial charge in [0.25, 0.3) is 11.8 Å². The molecule has 1 aliphatic heterocycles. The molecule has 8 nitrogen and oxygen atoms in total. The Morgan fingerprint density at radius 3 is 2.31 bits per heavy atom.